The van der Waals surface area contributed by atoms with Crippen molar-refractivity contribution in [3.05, 3.63) is 33.9 Å². The van der Waals surface area contributed by atoms with Crippen LogP contribution in [0.15, 0.2) is 23.1 Å². The molecule has 0 spiro atoms. The third kappa shape index (κ3) is 2.51. The number of piperidine rings is 1. The van der Waals surface area contributed by atoms with Crippen molar-refractivity contribution in [2.24, 2.45) is 5.92 Å². The second-order valence-electron chi connectivity index (χ2n) is 5.92. The van der Waals surface area contributed by atoms with Crippen molar-refractivity contribution in [1.29, 1.82) is 0 Å². The lowest BCUT2D eigenvalue weighted by molar-refractivity contribution is -0.385. The molecule has 1 aromatic carbocycles. The molecule has 1 aromatic rings. The first-order chi connectivity index (χ1) is 10.4. The molecule has 2 aliphatic rings. The van der Waals surface area contributed by atoms with Crippen LogP contribution in [0.2, 0.25) is 0 Å². The molecule has 2 heterocycles. The first kappa shape index (κ1) is 15.4. The van der Waals surface area contributed by atoms with E-state index in [1.165, 1.54) is 29.4 Å². The highest BCUT2D eigenvalue weighted by Gasteiger charge is 2.38. The van der Waals surface area contributed by atoms with Gasteiger partial charge >= 0.3 is 0 Å². The minimum Gasteiger partial charge on any atom is -0.314 e. The zero-order chi connectivity index (χ0) is 15.9. The molecule has 3 rings (SSSR count). The van der Waals surface area contributed by atoms with Crippen LogP contribution >= 0.6 is 0 Å². The van der Waals surface area contributed by atoms with Crippen molar-refractivity contribution in [2.75, 3.05) is 19.6 Å². The minimum absolute atomic E-state index is 0.0473. The first-order valence-corrected chi connectivity index (χ1v) is 8.83. The monoisotopic (exact) mass is 325 g/mol. The molecule has 2 fully saturated rings. The van der Waals surface area contributed by atoms with Gasteiger partial charge in [-0.25, -0.2) is 8.42 Å². The molecule has 0 saturated carbocycles. The molecule has 2 atom stereocenters. The summed E-state index contributed by atoms with van der Waals surface area (Å²) in [7, 11) is -3.69. The van der Waals surface area contributed by atoms with E-state index in [1.807, 2.05) is 0 Å². The predicted octanol–water partition coefficient (Wildman–Crippen LogP) is 1.28. The molecule has 2 saturated heterocycles. The number of hydrogen-bond acceptors (Lipinski definition) is 5. The second kappa shape index (κ2) is 5.60. The largest absolute Gasteiger partial charge is 0.314 e. The van der Waals surface area contributed by atoms with Crippen LogP contribution in [0.25, 0.3) is 0 Å². The predicted molar refractivity (Wildman–Crippen MR) is 81.1 cm³/mol. The van der Waals surface area contributed by atoms with Crippen molar-refractivity contribution < 1.29 is 13.3 Å². The van der Waals surface area contributed by atoms with Crippen LogP contribution in [0.4, 0.5) is 5.69 Å². The Hall–Kier alpha value is -1.51. The number of sulfonamides is 1. The quantitative estimate of drug-likeness (QED) is 0.667. The summed E-state index contributed by atoms with van der Waals surface area (Å²) in [6.07, 6.45) is 1.77. The lowest BCUT2D eigenvalue weighted by atomic mass is 9.95. The van der Waals surface area contributed by atoms with E-state index in [1.54, 1.807) is 0 Å². The number of nitro benzene ring substituents is 1. The van der Waals surface area contributed by atoms with Gasteiger partial charge in [0.1, 0.15) is 0 Å². The van der Waals surface area contributed by atoms with Gasteiger partial charge in [0.25, 0.3) is 5.69 Å². The third-order valence-corrected chi connectivity index (χ3v) is 6.70. The van der Waals surface area contributed by atoms with Gasteiger partial charge in [-0.2, -0.15) is 4.31 Å². The molecule has 1 N–H and O–H groups in total. The van der Waals surface area contributed by atoms with E-state index in [9.17, 15) is 18.5 Å². The van der Waals surface area contributed by atoms with Gasteiger partial charge < -0.3 is 5.32 Å². The highest BCUT2D eigenvalue weighted by Crippen LogP contribution is 2.31. The topological polar surface area (TPSA) is 92.5 Å². The Bertz CT molecular complexity index is 704. The molecule has 8 heteroatoms. The Morgan fingerprint density at radius 1 is 1.36 bits per heavy atom. The molecule has 120 valence electrons. The standard InChI is InChI=1S/C14H19N3O4S/c1-10-13(17(18)19)3-2-4-14(10)22(20,21)16-8-6-12-11(9-16)5-7-15-12/h2-4,11-12,15H,5-9H2,1H3. The Balaban J connectivity index is 1.93. The minimum atomic E-state index is -3.69. The van der Waals surface area contributed by atoms with E-state index in [4.69, 9.17) is 0 Å². The summed E-state index contributed by atoms with van der Waals surface area (Å²) in [6.45, 7) is 3.37. The van der Waals surface area contributed by atoms with Gasteiger partial charge in [-0.15, -0.1) is 0 Å². The van der Waals surface area contributed by atoms with Crippen LogP contribution in [-0.2, 0) is 10.0 Å². The smallest absolute Gasteiger partial charge is 0.273 e. The Kier molecular flexibility index (Phi) is 3.92. The van der Waals surface area contributed by atoms with Crippen LogP contribution < -0.4 is 5.32 Å². The Morgan fingerprint density at radius 2 is 2.14 bits per heavy atom. The average Bonchev–Trinajstić information content (AvgIpc) is 2.94. The molecule has 0 aliphatic carbocycles. The van der Waals surface area contributed by atoms with Crippen molar-refractivity contribution in [1.82, 2.24) is 9.62 Å². The van der Waals surface area contributed by atoms with E-state index < -0.39 is 14.9 Å². The maximum absolute atomic E-state index is 12.9. The molecule has 0 amide bonds. The van der Waals surface area contributed by atoms with Crippen molar-refractivity contribution in [3.8, 4) is 0 Å². The van der Waals surface area contributed by atoms with E-state index >= 15 is 0 Å². The Labute approximate surface area is 129 Å². The van der Waals surface area contributed by atoms with Crippen LogP contribution in [0, 0.1) is 23.0 Å². The van der Waals surface area contributed by atoms with Crippen LogP contribution in [0.5, 0.6) is 0 Å². The van der Waals surface area contributed by atoms with Gasteiger partial charge in [0, 0.05) is 30.8 Å². The molecule has 7 nitrogen and oxygen atoms in total. The lowest BCUT2D eigenvalue weighted by Gasteiger charge is -2.34. The van der Waals surface area contributed by atoms with Gasteiger partial charge in [0.15, 0.2) is 0 Å². The van der Waals surface area contributed by atoms with E-state index in [0.717, 1.165) is 19.4 Å². The maximum Gasteiger partial charge on any atom is 0.273 e. The van der Waals surface area contributed by atoms with Gasteiger partial charge in [0.05, 0.1) is 9.82 Å². The summed E-state index contributed by atoms with van der Waals surface area (Å²) >= 11 is 0. The summed E-state index contributed by atoms with van der Waals surface area (Å²) < 4.78 is 27.2. The third-order valence-electron chi connectivity index (χ3n) is 4.69. The Morgan fingerprint density at radius 3 is 2.86 bits per heavy atom. The maximum atomic E-state index is 12.9. The SMILES string of the molecule is Cc1c([N+](=O)[O-])cccc1S(=O)(=O)N1CCC2NCCC2C1. The zero-order valence-electron chi connectivity index (χ0n) is 12.4. The van der Waals surface area contributed by atoms with E-state index in [0.29, 0.717) is 25.0 Å². The van der Waals surface area contributed by atoms with Crippen LogP contribution in [0.1, 0.15) is 18.4 Å². The van der Waals surface area contributed by atoms with Gasteiger partial charge in [-0.05, 0) is 38.3 Å². The number of hydrogen-bond donors (Lipinski definition) is 1. The first-order valence-electron chi connectivity index (χ1n) is 7.39. The summed E-state index contributed by atoms with van der Waals surface area (Å²) in [4.78, 5) is 10.5. The van der Waals surface area contributed by atoms with Crippen LogP contribution in [0.3, 0.4) is 0 Å². The van der Waals surface area contributed by atoms with Crippen molar-refractivity contribution in [3.63, 3.8) is 0 Å². The summed E-state index contributed by atoms with van der Waals surface area (Å²) in [5.41, 5.74) is 0.0534. The van der Waals surface area contributed by atoms with Gasteiger partial charge in [-0.3, -0.25) is 10.1 Å². The number of nitrogens with one attached hydrogen (secondary N) is 1. The molecular weight excluding hydrogens is 306 g/mol. The van der Waals surface area contributed by atoms with Crippen molar-refractivity contribution in [2.45, 2.75) is 30.7 Å². The number of benzene rings is 1. The number of rotatable bonds is 3. The fourth-order valence-electron chi connectivity index (χ4n) is 3.45. The zero-order valence-corrected chi connectivity index (χ0v) is 13.2. The molecule has 0 radical (unpaired) electrons. The fraction of sp³-hybridized carbons (Fsp3) is 0.571. The number of nitrogens with zero attached hydrogens (tertiary/aromatic N) is 2. The van der Waals surface area contributed by atoms with Crippen LogP contribution in [-0.4, -0.2) is 43.3 Å². The van der Waals surface area contributed by atoms with E-state index in [-0.39, 0.29) is 16.1 Å². The van der Waals surface area contributed by atoms with Gasteiger partial charge in [-0.1, -0.05) is 6.07 Å². The molecule has 0 aromatic heterocycles. The average molecular weight is 325 g/mol. The molecule has 0 bridgehead atoms. The highest BCUT2D eigenvalue weighted by molar-refractivity contribution is 7.89. The number of fused-ring (bicyclic) bond motifs is 1. The second-order valence-corrected chi connectivity index (χ2v) is 7.82. The molecule has 2 aliphatic heterocycles. The highest BCUT2D eigenvalue weighted by atomic mass is 32.2. The van der Waals surface area contributed by atoms with Gasteiger partial charge in [0.2, 0.25) is 10.0 Å². The fourth-order valence-corrected chi connectivity index (χ4v) is 5.21. The molecule has 2 unspecified atom stereocenters. The lowest BCUT2D eigenvalue weighted by Crippen LogP contribution is -2.46. The van der Waals surface area contributed by atoms with Crippen molar-refractivity contribution >= 4 is 15.7 Å². The summed E-state index contributed by atoms with van der Waals surface area (Å²) in [5.74, 6) is 0.336. The molecular formula is C14H19N3O4S. The van der Waals surface area contributed by atoms with E-state index in [2.05, 4.69) is 5.32 Å². The summed E-state index contributed by atoms with van der Waals surface area (Å²) in [5, 5.41) is 14.4. The number of nitro groups is 1. The summed E-state index contributed by atoms with van der Waals surface area (Å²) in [6, 6.07) is 4.62. The molecule has 22 heavy (non-hydrogen) atoms. The normalized spacial score (nSPS) is 25.9.